The number of carbonyl (C=O) groups is 2. The van der Waals surface area contributed by atoms with Crippen molar-refractivity contribution in [2.75, 3.05) is 13.1 Å². The van der Waals surface area contributed by atoms with Crippen LogP contribution in [0.25, 0.3) is 0 Å². The minimum absolute atomic E-state index is 0.0357. The van der Waals surface area contributed by atoms with Crippen LogP contribution < -0.4 is 5.32 Å². The first-order chi connectivity index (χ1) is 12.1. The molecule has 132 valence electrons. The van der Waals surface area contributed by atoms with Crippen molar-refractivity contribution in [3.05, 3.63) is 58.0 Å². The Balaban J connectivity index is 1.53. The first kappa shape index (κ1) is 17.6. The zero-order chi connectivity index (χ0) is 17.8. The number of piperidine rings is 1. The van der Waals surface area contributed by atoms with Crippen LogP contribution in [0.1, 0.15) is 41.0 Å². The highest BCUT2D eigenvalue weighted by atomic mass is 32.1. The van der Waals surface area contributed by atoms with Crippen molar-refractivity contribution in [2.45, 2.75) is 25.8 Å². The Morgan fingerprint density at radius 1 is 1.20 bits per heavy atom. The van der Waals surface area contributed by atoms with E-state index < -0.39 is 0 Å². The molecule has 2 aromatic rings. The maximum Gasteiger partial charge on any atom is 0.263 e. The van der Waals surface area contributed by atoms with E-state index >= 15 is 0 Å². The monoisotopic (exact) mass is 360 g/mol. The van der Waals surface area contributed by atoms with Crippen molar-refractivity contribution in [1.82, 2.24) is 10.2 Å². The molecule has 0 saturated carbocycles. The summed E-state index contributed by atoms with van der Waals surface area (Å²) in [5.74, 6) is -0.485. The lowest BCUT2D eigenvalue weighted by Gasteiger charge is -2.31. The molecule has 1 fully saturated rings. The standard InChI is InChI=1S/C19H21FN2O2S/c1-13(15-5-2-3-6-16(15)20)21-18(23)14-8-10-22(11-9-14)19(24)17-7-4-12-25-17/h2-7,12-14H,8-11H2,1H3,(H,21,23). The van der Waals surface area contributed by atoms with Crippen LogP contribution >= 0.6 is 11.3 Å². The topological polar surface area (TPSA) is 49.4 Å². The van der Waals surface area contributed by atoms with E-state index in [1.165, 1.54) is 17.4 Å². The molecule has 0 radical (unpaired) electrons. The van der Waals surface area contributed by atoms with Crippen molar-refractivity contribution in [3.8, 4) is 0 Å². The van der Waals surface area contributed by atoms with Crippen LogP contribution in [0.15, 0.2) is 41.8 Å². The second-order valence-electron chi connectivity index (χ2n) is 6.30. The molecule has 2 amide bonds. The number of rotatable bonds is 4. The van der Waals surface area contributed by atoms with Gasteiger partial charge in [-0.05, 0) is 37.3 Å². The van der Waals surface area contributed by atoms with Gasteiger partial charge in [-0.15, -0.1) is 11.3 Å². The number of carbonyl (C=O) groups excluding carboxylic acids is 2. The Morgan fingerprint density at radius 2 is 1.92 bits per heavy atom. The Morgan fingerprint density at radius 3 is 2.56 bits per heavy atom. The zero-order valence-corrected chi connectivity index (χ0v) is 14.9. The molecule has 4 nitrogen and oxygen atoms in total. The van der Waals surface area contributed by atoms with Gasteiger partial charge in [0.1, 0.15) is 5.82 Å². The molecule has 1 saturated heterocycles. The molecule has 1 atom stereocenters. The first-order valence-electron chi connectivity index (χ1n) is 8.44. The van der Waals surface area contributed by atoms with E-state index in [2.05, 4.69) is 5.32 Å². The maximum absolute atomic E-state index is 13.8. The summed E-state index contributed by atoms with van der Waals surface area (Å²) < 4.78 is 13.8. The van der Waals surface area contributed by atoms with Gasteiger partial charge in [0.2, 0.25) is 5.91 Å². The Hall–Kier alpha value is -2.21. The Kier molecular flexibility index (Phi) is 5.48. The van der Waals surface area contributed by atoms with Gasteiger partial charge in [-0.1, -0.05) is 24.3 Å². The number of benzene rings is 1. The number of nitrogens with zero attached hydrogens (tertiary/aromatic N) is 1. The van der Waals surface area contributed by atoms with Crippen LogP contribution in [0.2, 0.25) is 0 Å². The predicted molar refractivity (Wildman–Crippen MR) is 95.9 cm³/mol. The molecule has 1 aliphatic rings. The molecule has 1 aromatic carbocycles. The van der Waals surface area contributed by atoms with Gasteiger partial charge in [-0.3, -0.25) is 9.59 Å². The van der Waals surface area contributed by atoms with Crippen molar-refractivity contribution in [2.24, 2.45) is 5.92 Å². The molecular formula is C19H21FN2O2S. The number of thiophene rings is 1. The fourth-order valence-electron chi connectivity index (χ4n) is 3.14. The Labute approximate surface area is 150 Å². The number of nitrogens with one attached hydrogen (secondary N) is 1. The molecule has 1 unspecified atom stereocenters. The van der Waals surface area contributed by atoms with E-state index in [9.17, 15) is 14.0 Å². The molecule has 1 aromatic heterocycles. The largest absolute Gasteiger partial charge is 0.349 e. The molecule has 0 spiro atoms. The normalized spacial score (nSPS) is 16.5. The van der Waals surface area contributed by atoms with Crippen LogP contribution in [-0.2, 0) is 4.79 Å². The fraction of sp³-hybridized carbons (Fsp3) is 0.368. The van der Waals surface area contributed by atoms with E-state index in [0.29, 0.717) is 31.5 Å². The van der Waals surface area contributed by atoms with Gasteiger partial charge in [-0.2, -0.15) is 0 Å². The number of hydrogen-bond donors (Lipinski definition) is 1. The summed E-state index contributed by atoms with van der Waals surface area (Å²) in [6.45, 7) is 2.93. The predicted octanol–water partition coefficient (Wildman–Crippen LogP) is 3.62. The SMILES string of the molecule is CC(NC(=O)C1CCN(C(=O)c2cccs2)CC1)c1ccccc1F. The van der Waals surface area contributed by atoms with Crippen molar-refractivity contribution >= 4 is 23.2 Å². The van der Waals surface area contributed by atoms with Gasteiger partial charge in [0.15, 0.2) is 0 Å². The fourth-order valence-corrected chi connectivity index (χ4v) is 3.83. The van der Waals surface area contributed by atoms with Crippen LogP contribution in [-0.4, -0.2) is 29.8 Å². The Bertz CT molecular complexity index is 740. The average Bonchev–Trinajstić information content (AvgIpc) is 3.16. The third kappa shape index (κ3) is 4.07. The van der Waals surface area contributed by atoms with Gasteiger partial charge in [0, 0.05) is 24.6 Å². The summed E-state index contributed by atoms with van der Waals surface area (Å²) in [6, 6.07) is 9.78. The van der Waals surface area contributed by atoms with E-state index in [-0.39, 0.29) is 29.6 Å². The first-order valence-corrected chi connectivity index (χ1v) is 9.32. The average molecular weight is 360 g/mol. The third-order valence-electron chi connectivity index (χ3n) is 4.62. The van der Waals surface area contributed by atoms with Crippen LogP contribution in [0.4, 0.5) is 4.39 Å². The second-order valence-corrected chi connectivity index (χ2v) is 7.24. The van der Waals surface area contributed by atoms with Crippen LogP contribution in [0, 0.1) is 11.7 Å². The smallest absolute Gasteiger partial charge is 0.263 e. The van der Waals surface area contributed by atoms with E-state index in [4.69, 9.17) is 0 Å². The summed E-state index contributed by atoms with van der Waals surface area (Å²) in [5, 5.41) is 4.78. The molecule has 2 heterocycles. The number of halogens is 1. The van der Waals surface area contributed by atoms with E-state index in [0.717, 1.165) is 4.88 Å². The summed E-state index contributed by atoms with van der Waals surface area (Å²) >= 11 is 1.43. The number of hydrogen-bond acceptors (Lipinski definition) is 3. The lowest BCUT2D eigenvalue weighted by atomic mass is 9.95. The van der Waals surface area contributed by atoms with Crippen LogP contribution in [0.3, 0.4) is 0 Å². The third-order valence-corrected chi connectivity index (χ3v) is 5.47. The molecule has 6 heteroatoms. The van der Waals surface area contributed by atoms with Crippen LogP contribution in [0.5, 0.6) is 0 Å². The maximum atomic E-state index is 13.8. The summed E-state index contributed by atoms with van der Waals surface area (Å²) in [6.07, 6.45) is 1.26. The van der Waals surface area contributed by atoms with Crippen molar-refractivity contribution in [3.63, 3.8) is 0 Å². The summed E-state index contributed by atoms with van der Waals surface area (Å²) in [7, 11) is 0. The lowest BCUT2D eigenvalue weighted by Crippen LogP contribution is -2.43. The summed E-state index contributed by atoms with van der Waals surface area (Å²) in [4.78, 5) is 27.3. The molecule has 25 heavy (non-hydrogen) atoms. The van der Waals surface area contributed by atoms with Gasteiger partial charge in [0.05, 0.1) is 10.9 Å². The second kappa shape index (κ2) is 7.78. The molecule has 1 aliphatic heterocycles. The zero-order valence-electron chi connectivity index (χ0n) is 14.1. The van der Waals surface area contributed by atoms with Crippen molar-refractivity contribution < 1.29 is 14.0 Å². The molecule has 0 bridgehead atoms. The minimum atomic E-state index is -0.375. The highest BCUT2D eigenvalue weighted by Crippen LogP contribution is 2.23. The van der Waals surface area contributed by atoms with E-state index in [1.807, 2.05) is 17.5 Å². The van der Waals surface area contributed by atoms with Gasteiger partial charge >= 0.3 is 0 Å². The minimum Gasteiger partial charge on any atom is -0.349 e. The van der Waals surface area contributed by atoms with Crippen molar-refractivity contribution in [1.29, 1.82) is 0 Å². The molecule has 3 rings (SSSR count). The molecule has 1 N–H and O–H groups in total. The highest BCUT2D eigenvalue weighted by molar-refractivity contribution is 7.12. The quantitative estimate of drug-likeness (QED) is 0.905. The highest BCUT2D eigenvalue weighted by Gasteiger charge is 2.29. The molecule has 0 aliphatic carbocycles. The van der Waals surface area contributed by atoms with Gasteiger partial charge in [0.25, 0.3) is 5.91 Å². The lowest BCUT2D eigenvalue weighted by molar-refractivity contribution is -0.127. The van der Waals surface area contributed by atoms with Gasteiger partial charge < -0.3 is 10.2 Å². The number of amides is 2. The summed E-state index contributed by atoms with van der Waals surface area (Å²) in [5.41, 5.74) is 0.487. The van der Waals surface area contributed by atoms with E-state index in [1.54, 1.807) is 30.0 Å². The number of likely N-dealkylation sites (tertiary alicyclic amines) is 1. The van der Waals surface area contributed by atoms with Gasteiger partial charge in [-0.25, -0.2) is 4.39 Å². The molecular weight excluding hydrogens is 339 g/mol.